The van der Waals surface area contributed by atoms with E-state index in [0.717, 1.165) is 0 Å². The Kier molecular flexibility index (Phi) is 4.37. The number of nitrogens with one attached hydrogen (secondary N) is 1. The van der Waals surface area contributed by atoms with E-state index in [1.165, 1.54) is 0 Å². The van der Waals surface area contributed by atoms with Crippen molar-refractivity contribution in [2.75, 3.05) is 5.32 Å². The second-order valence-electron chi connectivity index (χ2n) is 7.18. The van der Waals surface area contributed by atoms with E-state index < -0.39 is 11.9 Å². The van der Waals surface area contributed by atoms with Crippen molar-refractivity contribution in [2.45, 2.75) is 52.4 Å². The zero-order chi connectivity index (χ0) is 16.6. The van der Waals surface area contributed by atoms with Gasteiger partial charge in [-0.15, -0.1) is 0 Å². The molecule has 0 heterocycles. The third kappa shape index (κ3) is 3.97. The van der Waals surface area contributed by atoms with Crippen LogP contribution in [0.15, 0.2) is 12.1 Å². The number of amides is 1. The molecule has 0 aliphatic heterocycles. The molecule has 5 nitrogen and oxygen atoms in total. The third-order valence-corrected chi connectivity index (χ3v) is 3.17. The number of hydrogen-bond acceptors (Lipinski definition) is 3. The van der Waals surface area contributed by atoms with E-state index in [9.17, 15) is 14.7 Å². The molecule has 0 aliphatic carbocycles. The van der Waals surface area contributed by atoms with E-state index in [4.69, 9.17) is 5.11 Å². The molecule has 116 valence electrons. The van der Waals surface area contributed by atoms with Crippen LogP contribution in [-0.2, 0) is 20.4 Å². The number of rotatable bonds is 1. The van der Waals surface area contributed by atoms with E-state index >= 15 is 0 Å². The molecular formula is C16H23NO4. The molecule has 5 heteroatoms. The van der Waals surface area contributed by atoms with E-state index in [1.807, 2.05) is 41.5 Å². The molecule has 0 saturated carbocycles. The molecule has 0 atom stereocenters. The summed E-state index contributed by atoms with van der Waals surface area (Å²) in [5.41, 5.74) is 1.13. The Hall–Kier alpha value is -2.04. The van der Waals surface area contributed by atoms with Gasteiger partial charge in [-0.2, -0.15) is 0 Å². The van der Waals surface area contributed by atoms with Gasteiger partial charge in [0.05, 0.1) is 0 Å². The van der Waals surface area contributed by atoms with E-state index in [0.29, 0.717) is 16.8 Å². The Morgan fingerprint density at radius 3 is 1.62 bits per heavy atom. The van der Waals surface area contributed by atoms with Crippen molar-refractivity contribution in [1.29, 1.82) is 0 Å². The van der Waals surface area contributed by atoms with E-state index in [2.05, 4.69) is 5.32 Å². The summed E-state index contributed by atoms with van der Waals surface area (Å²) >= 11 is 0. The Bertz CT molecular complexity index is 542. The fraction of sp³-hybridized carbons (Fsp3) is 0.500. The fourth-order valence-electron chi connectivity index (χ4n) is 2.11. The molecule has 0 bridgehead atoms. The van der Waals surface area contributed by atoms with Gasteiger partial charge in [-0.1, -0.05) is 41.5 Å². The van der Waals surface area contributed by atoms with Crippen LogP contribution in [0.5, 0.6) is 5.75 Å². The van der Waals surface area contributed by atoms with Crippen molar-refractivity contribution < 1.29 is 19.8 Å². The lowest BCUT2D eigenvalue weighted by molar-refractivity contribution is -0.147. The van der Waals surface area contributed by atoms with Crippen molar-refractivity contribution in [3.63, 3.8) is 0 Å². The molecule has 0 saturated heterocycles. The molecule has 1 amide bonds. The van der Waals surface area contributed by atoms with Crippen LogP contribution in [0.1, 0.15) is 52.7 Å². The highest BCUT2D eigenvalue weighted by Crippen LogP contribution is 2.40. The van der Waals surface area contributed by atoms with Crippen molar-refractivity contribution >= 4 is 17.6 Å². The second kappa shape index (κ2) is 5.39. The molecule has 1 rings (SSSR count). The SMILES string of the molecule is CC(C)(C)c1cc(O)cc(C(C)(C)C)c1NC(=O)C(=O)O. The first-order valence-corrected chi connectivity index (χ1v) is 6.76. The molecule has 0 spiro atoms. The van der Waals surface area contributed by atoms with Gasteiger partial charge >= 0.3 is 11.9 Å². The minimum atomic E-state index is -1.54. The number of aliphatic carboxylic acids is 1. The number of benzene rings is 1. The van der Waals surface area contributed by atoms with Gasteiger partial charge in [0, 0.05) is 5.69 Å². The molecule has 0 radical (unpaired) electrons. The molecule has 0 aliphatic rings. The maximum atomic E-state index is 11.6. The number of phenolic OH excluding ortho intramolecular Hbond substituents is 1. The van der Waals surface area contributed by atoms with Crippen LogP contribution in [0.3, 0.4) is 0 Å². The Labute approximate surface area is 125 Å². The standard InChI is InChI=1S/C16H23NO4/c1-15(2,3)10-7-9(18)8-11(16(4,5)6)12(10)17-13(19)14(20)21/h7-8,18H,1-6H3,(H,17,19)(H,20,21). The minimum absolute atomic E-state index is 0.0955. The topological polar surface area (TPSA) is 86.6 Å². The van der Waals surface area contributed by atoms with Crippen LogP contribution in [0.4, 0.5) is 5.69 Å². The summed E-state index contributed by atoms with van der Waals surface area (Å²) in [6.07, 6.45) is 0. The van der Waals surface area contributed by atoms with Crippen LogP contribution in [0.25, 0.3) is 0 Å². The highest BCUT2D eigenvalue weighted by molar-refractivity contribution is 6.36. The molecule has 1 aromatic carbocycles. The van der Waals surface area contributed by atoms with Gasteiger partial charge in [-0.05, 0) is 34.1 Å². The predicted octanol–water partition coefficient (Wildman–Crippen LogP) is 3.01. The molecule has 21 heavy (non-hydrogen) atoms. The number of carbonyl (C=O) groups is 2. The average molecular weight is 293 g/mol. The van der Waals surface area contributed by atoms with Gasteiger partial charge < -0.3 is 15.5 Å². The fourth-order valence-corrected chi connectivity index (χ4v) is 2.11. The van der Waals surface area contributed by atoms with Crippen LogP contribution in [-0.4, -0.2) is 22.1 Å². The largest absolute Gasteiger partial charge is 0.508 e. The Morgan fingerprint density at radius 2 is 1.33 bits per heavy atom. The number of hydrogen-bond donors (Lipinski definition) is 3. The summed E-state index contributed by atoms with van der Waals surface area (Å²) in [7, 11) is 0. The summed E-state index contributed by atoms with van der Waals surface area (Å²) in [6.45, 7) is 11.6. The molecule has 0 aromatic heterocycles. The number of carbonyl (C=O) groups excluding carboxylic acids is 1. The smallest absolute Gasteiger partial charge is 0.394 e. The van der Waals surface area contributed by atoms with Crippen LogP contribution in [0, 0.1) is 0 Å². The lowest BCUT2D eigenvalue weighted by Gasteiger charge is -2.30. The lowest BCUT2D eigenvalue weighted by Crippen LogP contribution is -2.27. The summed E-state index contributed by atoms with van der Waals surface area (Å²) in [5, 5.41) is 21.3. The van der Waals surface area contributed by atoms with Crippen molar-refractivity contribution in [2.24, 2.45) is 0 Å². The number of carboxylic acid groups (broad SMARTS) is 1. The predicted molar refractivity (Wildman–Crippen MR) is 81.8 cm³/mol. The highest BCUT2D eigenvalue weighted by atomic mass is 16.4. The number of anilines is 1. The Morgan fingerprint density at radius 1 is 0.952 bits per heavy atom. The van der Waals surface area contributed by atoms with Gasteiger partial charge in [0.1, 0.15) is 5.75 Å². The molecular weight excluding hydrogens is 270 g/mol. The third-order valence-electron chi connectivity index (χ3n) is 3.17. The first-order chi connectivity index (χ1) is 9.34. The van der Waals surface area contributed by atoms with Gasteiger partial charge in [-0.3, -0.25) is 4.79 Å². The molecule has 0 unspecified atom stereocenters. The summed E-state index contributed by atoms with van der Waals surface area (Å²) in [5.74, 6) is -2.53. The maximum Gasteiger partial charge on any atom is 0.394 e. The first kappa shape index (κ1) is 17.0. The van der Waals surface area contributed by atoms with Gasteiger partial charge in [0.25, 0.3) is 0 Å². The monoisotopic (exact) mass is 293 g/mol. The van der Waals surface area contributed by atoms with Gasteiger partial charge in [0.2, 0.25) is 0 Å². The molecule has 1 aromatic rings. The molecule has 0 fully saturated rings. The van der Waals surface area contributed by atoms with Crippen molar-refractivity contribution in [3.05, 3.63) is 23.3 Å². The van der Waals surface area contributed by atoms with Crippen LogP contribution < -0.4 is 5.32 Å². The normalized spacial score (nSPS) is 12.1. The average Bonchev–Trinajstić information content (AvgIpc) is 2.27. The quantitative estimate of drug-likeness (QED) is 0.548. The van der Waals surface area contributed by atoms with E-state index in [1.54, 1.807) is 12.1 Å². The van der Waals surface area contributed by atoms with E-state index in [-0.39, 0.29) is 16.6 Å². The van der Waals surface area contributed by atoms with Crippen LogP contribution >= 0.6 is 0 Å². The second-order valence-corrected chi connectivity index (χ2v) is 7.18. The van der Waals surface area contributed by atoms with Crippen LogP contribution in [0.2, 0.25) is 0 Å². The zero-order valence-corrected chi connectivity index (χ0v) is 13.4. The summed E-state index contributed by atoms with van der Waals surface area (Å²) in [4.78, 5) is 22.4. The molecule has 3 N–H and O–H groups in total. The van der Waals surface area contributed by atoms with Crippen molar-refractivity contribution in [3.8, 4) is 5.75 Å². The summed E-state index contributed by atoms with van der Waals surface area (Å²) in [6, 6.07) is 3.12. The first-order valence-electron chi connectivity index (χ1n) is 6.76. The van der Waals surface area contributed by atoms with Gasteiger partial charge in [0.15, 0.2) is 0 Å². The lowest BCUT2D eigenvalue weighted by atomic mass is 9.78. The zero-order valence-electron chi connectivity index (χ0n) is 13.4. The van der Waals surface area contributed by atoms with Gasteiger partial charge in [-0.25, -0.2) is 4.79 Å². The highest BCUT2D eigenvalue weighted by Gasteiger charge is 2.28. The number of phenols is 1. The maximum absolute atomic E-state index is 11.6. The van der Waals surface area contributed by atoms with Crippen molar-refractivity contribution in [1.82, 2.24) is 0 Å². The Balaban J connectivity index is 3.61. The minimum Gasteiger partial charge on any atom is -0.508 e. The summed E-state index contributed by atoms with van der Waals surface area (Å²) < 4.78 is 0. The number of carboxylic acids is 1. The number of aromatic hydroxyl groups is 1.